The van der Waals surface area contributed by atoms with Crippen molar-refractivity contribution in [3.8, 4) is 0 Å². The van der Waals surface area contributed by atoms with Gasteiger partial charge in [-0.3, -0.25) is 0 Å². The first-order chi connectivity index (χ1) is 17.1. The van der Waals surface area contributed by atoms with Crippen molar-refractivity contribution >= 4 is 23.3 Å². The van der Waals surface area contributed by atoms with Gasteiger partial charge in [0.2, 0.25) is 5.95 Å². The summed E-state index contributed by atoms with van der Waals surface area (Å²) < 4.78 is 40.9. The number of hydrogen-bond donors (Lipinski definition) is 2. The number of halogens is 3. The highest BCUT2D eigenvalue weighted by Crippen LogP contribution is 2.36. The highest BCUT2D eigenvalue weighted by molar-refractivity contribution is 5.64. The topological polar surface area (TPSA) is 77.4 Å². The van der Waals surface area contributed by atoms with E-state index < -0.39 is 17.3 Å². The average Bonchev–Trinajstić information content (AvgIpc) is 3.00. The third-order valence-corrected chi connectivity index (χ3v) is 6.42. The zero-order chi connectivity index (χ0) is 25.5. The van der Waals surface area contributed by atoms with E-state index in [1.807, 2.05) is 41.4 Å². The molecule has 188 valence electrons. The normalized spacial score (nSPS) is 15.8. The number of aliphatic hydroxyl groups is 1. The first-order valence-corrected chi connectivity index (χ1v) is 11.8. The summed E-state index contributed by atoms with van der Waals surface area (Å²) in [4.78, 5) is 17.2. The van der Waals surface area contributed by atoms with Crippen molar-refractivity contribution in [1.82, 2.24) is 15.0 Å². The van der Waals surface area contributed by atoms with Crippen molar-refractivity contribution in [3.63, 3.8) is 0 Å². The zero-order valence-electron chi connectivity index (χ0n) is 20.0. The van der Waals surface area contributed by atoms with Crippen molar-refractivity contribution in [3.05, 3.63) is 77.3 Å². The molecule has 36 heavy (non-hydrogen) atoms. The molecule has 2 aliphatic heterocycles. The number of alkyl halides is 3. The third kappa shape index (κ3) is 4.86. The van der Waals surface area contributed by atoms with Crippen molar-refractivity contribution in [1.29, 1.82) is 0 Å². The van der Waals surface area contributed by atoms with Crippen LogP contribution in [0.1, 0.15) is 36.2 Å². The number of pyridine rings is 1. The van der Waals surface area contributed by atoms with Crippen LogP contribution in [0.5, 0.6) is 0 Å². The summed E-state index contributed by atoms with van der Waals surface area (Å²) in [5, 5.41) is 13.6. The molecule has 2 aromatic heterocycles. The average molecular weight is 497 g/mol. The lowest BCUT2D eigenvalue weighted by molar-refractivity contribution is -0.137. The zero-order valence-corrected chi connectivity index (χ0v) is 20.0. The van der Waals surface area contributed by atoms with E-state index in [1.54, 1.807) is 18.7 Å². The van der Waals surface area contributed by atoms with E-state index in [-0.39, 0.29) is 5.82 Å². The molecule has 7 nitrogen and oxygen atoms in total. The van der Waals surface area contributed by atoms with Crippen LogP contribution in [-0.4, -0.2) is 39.7 Å². The van der Waals surface area contributed by atoms with Crippen LogP contribution in [0.4, 0.5) is 36.4 Å². The Balaban J connectivity index is 1.47. The van der Waals surface area contributed by atoms with Crippen LogP contribution in [0.2, 0.25) is 0 Å². The molecule has 0 fully saturated rings. The Kier molecular flexibility index (Phi) is 6.07. The van der Waals surface area contributed by atoms with Gasteiger partial charge in [0, 0.05) is 49.7 Å². The SMILES string of the molecule is CC(C)(O)c1ccc(Nc2nc(N3C=CC3)nc3c2CCN(c2ncccc2C(F)(F)F)CC3)cc1. The quantitative estimate of drug-likeness (QED) is 0.526. The lowest BCUT2D eigenvalue weighted by atomic mass is 9.98. The molecule has 0 amide bonds. The molecule has 3 aromatic rings. The molecule has 0 saturated carbocycles. The largest absolute Gasteiger partial charge is 0.419 e. The number of nitrogens with one attached hydrogen (secondary N) is 1. The summed E-state index contributed by atoms with van der Waals surface area (Å²) in [6.45, 7) is 4.87. The van der Waals surface area contributed by atoms with Crippen LogP contribution < -0.4 is 15.1 Å². The van der Waals surface area contributed by atoms with Crippen molar-refractivity contribution in [2.75, 3.05) is 34.8 Å². The van der Waals surface area contributed by atoms with Gasteiger partial charge in [-0.25, -0.2) is 9.97 Å². The van der Waals surface area contributed by atoms with E-state index in [0.29, 0.717) is 44.2 Å². The number of fused-ring (bicyclic) bond motifs is 1. The van der Waals surface area contributed by atoms with Crippen LogP contribution in [0.25, 0.3) is 0 Å². The Labute approximate surface area is 207 Å². The maximum Gasteiger partial charge on any atom is 0.419 e. The second-order valence-corrected chi connectivity index (χ2v) is 9.46. The molecule has 0 radical (unpaired) electrons. The summed E-state index contributed by atoms with van der Waals surface area (Å²) in [6, 6.07) is 9.82. The summed E-state index contributed by atoms with van der Waals surface area (Å²) in [5.41, 5.74) is 1.57. The maximum atomic E-state index is 13.6. The second-order valence-electron chi connectivity index (χ2n) is 9.46. The Morgan fingerprint density at radius 1 is 1.00 bits per heavy atom. The molecule has 0 aliphatic carbocycles. The first kappa shape index (κ1) is 24.1. The van der Waals surface area contributed by atoms with Crippen LogP contribution in [0.15, 0.2) is 54.9 Å². The number of benzene rings is 1. The van der Waals surface area contributed by atoms with E-state index in [0.717, 1.165) is 28.6 Å². The fraction of sp³-hybridized carbons (Fsp3) is 0.346. The molecule has 5 rings (SSSR count). The Morgan fingerprint density at radius 3 is 2.36 bits per heavy atom. The van der Waals surface area contributed by atoms with Gasteiger partial charge in [0.05, 0.1) is 16.9 Å². The van der Waals surface area contributed by atoms with Gasteiger partial charge >= 0.3 is 6.18 Å². The molecule has 1 aromatic carbocycles. The molecule has 4 heterocycles. The van der Waals surface area contributed by atoms with Gasteiger partial charge in [-0.2, -0.15) is 18.2 Å². The summed E-state index contributed by atoms with van der Waals surface area (Å²) in [7, 11) is 0. The number of hydrogen-bond acceptors (Lipinski definition) is 7. The van der Waals surface area contributed by atoms with Gasteiger partial charge < -0.3 is 20.2 Å². The van der Waals surface area contributed by atoms with Gasteiger partial charge in [0.1, 0.15) is 11.6 Å². The third-order valence-electron chi connectivity index (χ3n) is 6.42. The minimum atomic E-state index is -4.48. The number of aromatic nitrogens is 3. The monoisotopic (exact) mass is 496 g/mol. The summed E-state index contributed by atoms with van der Waals surface area (Å²) >= 11 is 0. The molecular weight excluding hydrogens is 469 g/mol. The molecule has 2 N–H and O–H groups in total. The van der Waals surface area contributed by atoms with Gasteiger partial charge in [-0.1, -0.05) is 12.1 Å². The summed E-state index contributed by atoms with van der Waals surface area (Å²) in [5.74, 6) is 1.12. The standard InChI is InChI=1S/C26H27F3N6O/c1-25(2,36)17-6-8-18(9-7-17)31-22-19-10-15-34(23-20(26(27,28)29)5-3-12-30-23)16-11-21(19)32-24(33-22)35-13-4-14-35/h3-9,12-13,36H,10-11,14-16H2,1-2H3,(H,31,32,33). The minimum Gasteiger partial charge on any atom is -0.386 e. The highest BCUT2D eigenvalue weighted by Gasteiger charge is 2.36. The molecule has 0 bridgehead atoms. The van der Waals surface area contributed by atoms with E-state index in [1.165, 1.54) is 12.3 Å². The van der Waals surface area contributed by atoms with Crippen LogP contribution in [0, 0.1) is 0 Å². The van der Waals surface area contributed by atoms with Crippen LogP contribution >= 0.6 is 0 Å². The maximum absolute atomic E-state index is 13.6. The Hall–Kier alpha value is -3.66. The minimum absolute atomic E-state index is 0.0617. The second kappa shape index (κ2) is 9.09. The fourth-order valence-corrected chi connectivity index (χ4v) is 4.36. The van der Waals surface area contributed by atoms with Gasteiger partial charge in [0.15, 0.2) is 0 Å². The fourth-order valence-electron chi connectivity index (χ4n) is 4.36. The lowest BCUT2D eigenvalue weighted by Gasteiger charge is -2.25. The number of nitrogens with zero attached hydrogens (tertiary/aromatic N) is 5. The van der Waals surface area contributed by atoms with Crippen LogP contribution in [-0.2, 0) is 24.6 Å². The first-order valence-electron chi connectivity index (χ1n) is 11.8. The number of anilines is 4. The van der Waals surface area contributed by atoms with Crippen molar-refractivity contribution in [2.45, 2.75) is 38.5 Å². The molecule has 0 saturated heterocycles. The molecule has 2 aliphatic rings. The summed E-state index contributed by atoms with van der Waals surface area (Å²) in [6.07, 6.45) is 1.73. The number of rotatable bonds is 5. The Bertz CT molecular complexity index is 1280. The molecule has 0 unspecified atom stereocenters. The van der Waals surface area contributed by atoms with Gasteiger partial charge in [-0.15, -0.1) is 0 Å². The predicted octanol–water partition coefficient (Wildman–Crippen LogP) is 4.80. The van der Waals surface area contributed by atoms with E-state index in [4.69, 9.17) is 9.97 Å². The smallest absolute Gasteiger partial charge is 0.386 e. The Morgan fingerprint density at radius 2 is 1.72 bits per heavy atom. The van der Waals surface area contributed by atoms with Gasteiger partial charge in [0.25, 0.3) is 0 Å². The predicted molar refractivity (Wildman–Crippen MR) is 132 cm³/mol. The molecule has 0 atom stereocenters. The lowest BCUT2D eigenvalue weighted by Crippen LogP contribution is -2.29. The molecular formula is C26H27F3N6O. The highest BCUT2D eigenvalue weighted by atomic mass is 19.4. The van der Waals surface area contributed by atoms with Crippen molar-refractivity contribution < 1.29 is 18.3 Å². The molecule has 10 heteroatoms. The van der Waals surface area contributed by atoms with E-state index in [9.17, 15) is 18.3 Å². The van der Waals surface area contributed by atoms with Crippen molar-refractivity contribution in [2.24, 2.45) is 0 Å². The molecule has 0 spiro atoms. The van der Waals surface area contributed by atoms with E-state index in [2.05, 4.69) is 10.3 Å². The van der Waals surface area contributed by atoms with Gasteiger partial charge in [-0.05, 0) is 56.2 Å². The van der Waals surface area contributed by atoms with E-state index >= 15 is 0 Å². The van der Waals surface area contributed by atoms with Crippen LogP contribution in [0.3, 0.4) is 0 Å².